The molecular formula is C17H13N5OS. The van der Waals surface area contributed by atoms with E-state index in [2.05, 4.69) is 15.4 Å². The molecule has 0 saturated heterocycles. The number of amides is 1. The molecule has 7 heteroatoms. The number of thiophene rings is 1. The summed E-state index contributed by atoms with van der Waals surface area (Å²) in [6.07, 6.45) is 1.85. The van der Waals surface area contributed by atoms with E-state index in [-0.39, 0.29) is 11.9 Å². The fraction of sp³-hybridized carbons (Fsp3) is 0. The molecule has 0 spiro atoms. The van der Waals surface area contributed by atoms with Gasteiger partial charge in [0.2, 0.25) is 5.95 Å². The van der Waals surface area contributed by atoms with Crippen LogP contribution in [0.1, 0.15) is 9.67 Å². The first-order chi connectivity index (χ1) is 11.7. The summed E-state index contributed by atoms with van der Waals surface area (Å²) in [6.45, 7) is 0. The lowest BCUT2D eigenvalue weighted by atomic mass is 10.1. The lowest BCUT2D eigenvalue weighted by Gasteiger charge is -2.02. The number of benzene rings is 1. The monoisotopic (exact) mass is 335 g/mol. The van der Waals surface area contributed by atoms with Crippen LogP contribution in [0, 0.1) is 0 Å². The van der Waals surface area contributed by atoms with Crippen molar-refractivity contribution in [3.05, 3.63) is 65.0 Å². The van der Waals surface area contributed by atoms with Gasteiger partial charge in [-0.05, 0) is 41.3 Å². The van der Waals surface area contributed by atoms with Gasteiger partial charge in [-0.2, -0.15) is 4.98 Å². The number of carbonyl (C=O) groups is 1. The molecule has 3 aromatic heterocycles. The molecule has 1 amide bonds. The predicted octanol–water partition coefficient (Wildman–Crippen LogP) is 3.29. The summed E-state index contributed by atoms with van der Waals surface area (Å²) in [5.41, 5.74) is 8.97. The van der Waals surface area contributed by atoms with Crippen LogP contribution in [0.25, 0.3) is 16.8 Å². The third-order valence-corrected chi connectivity index (χ3v) is 4.46. The summed E-state index contributed by atoms with van der Waals surface area (Å²) in [6, 6.07) is 15.0. The first-order valence-corrected chi connectivity index (χ1v) is 8.14. The Bertz CT molecular complexity index is 1020. The number of hydrogen-bond donors (Lipinski definition) is 2. The van der Waals surface area contributed by atoms with Gasteiger partial charge in [0.25, 0.3) is 5.91 Å². The van der Waals surface area contributed by atoms with Gasteiger partial charge in [-0.3, -0.25) is 4.79 Å². The molecule has 0 aliphatic carbocycles. The second-order valence-electron chi connectivity index (χ2n) is 5.21. The second kappa shape index (κ2) is 5.78. The van der Waals surface area contributed by atoms with E-state index in [0.717, 1.165) is 16.8 Å². The molecule has 24 heavy (non-hydrogen) atoms. The minimum absolute atomic E-state index is 0.122. The number of para-hydroxylation sites is 1. The highest BCUT2D eigenvalue weighted by atomic mass is 32.1. The summed E-state index contributed by atoms with van der Waals surface area (Å²) < 4.78 is 1.63. The van der Waals surface area contributed by atoms with Gasteiger partial charge in [0.15, 0.2) is 5.65 Å². The second-order valence-corrected chi connectivity index (χ2v) is 6.12. The first kappa shape index (κ1) is 14.4. The molecule has 1 aromatic carbocycles. The van der Waals surface area contributed by atoms with Crippen LogP contribution in [0.3, 0.4) is 0 Å². The van der Waals surface area contributed by atoms with Gasteiger partial charge < -0.3 is 11.1 Å². The lowest BCUT2D eigenvalue weighted by Crippen LogP contribution is -2.09. The number of hydrogen-bond acceptors (Lipinski definition) is 5. The topological polar surface area (TPSA) is 85.3 Å². The van der Waals surface area contributed by atoms with Gasteiger partial charge in [0.1, 0.15) is 0 Å². The molecule has 4 rings (SSSR count). The first-order valence-electron chi connectivity index (χ1n) is 7.26. The van der Waals surface area contributed by atoms with Crippen molar-refractivity contribution in [1.82, 2.24) is 14.6 Å². The van der Waals surface area contributed by atoms with Gasteiger partial charge in [0.05, 0.1) is 4.88 Å². The van der Waals surface area contributed by atoms with E-state index in [4.69, 9.17) is 5.73 Å². The zero-order valence-electron chi connectivity index (χ0n) is 12.5. The fourth-order valence-corrected chi connectivity index (χ4v) is 3.20. The van der Waals surface area contributed by atoms with Crippen molar-refractivity contribution in [2.45, 2.75) is 0 Å². The maximum atomic E-state index is 12.3. The summed E-state index contributed by atoms with van der Waals surface area (Å²) in [4.78, 5) is 17.1. The number of nitrogens with one attached hydrogen (secondary N) is 1. The molecule has 0 bridgehead atoms. The number of fused-ring (bicyclic) bond motifs is 1. The molecule has 118 valence electrons. The highest BCUT2D eigenvalue weighted by Gasteiger charge is 2.11. The lowest BCUT2D eigenvalue weighted by molar-refractivity contribution is 0.103. The normalized spacial score (nSPS) is 10.8. The van der Waals surface area contributed by atoms with Gasteiger partial charge in [-0.25, -0.2) is 4.52 Å². The zero-order valence-corrected chi connectivity index (χ0v) is 13.3. The highest BCUT2D eigenvalue weighted by molar-refractivity contribution is 7.12. The number of carbonyl (C=O) groups excluding carboxylic acids is 1. The predicted molar refractivity (Wildman–Crippen MR) is 95.1 cm³/mol. The Balaban J connectivity index is 1.60. The van der Waals surface area contributed by atoms with E-state index < -0.39 is 0 Å². The molecule has 0 aliphatic rings. The van der Waals surface area contributed by atoms with Crippen molar-refractivity contribution in [2.75, 3.05) is 11.1 Å². The van der Waals surface area contributed by atoms with Crippen LogP contribution in [-0.2, 0) is 0 Å². The fourth-order valence-electron chi connectivity index (χ4n) is 2.39. The average Bonchev–Trinajstić information content (AvgIpc) is 3.20. The van der Waals surface area contributed by atoms with Crippen molar-refractivity contribution in [3.63, 3.8) is 0 Å². The SMILES string of the molecule is Nc1nc2ccc(-c3csc(C(=O)Nc4ccccc4)c3)cn2n1. The van der Waals surface area contributed by atoms with E-state index in [1.165, 1.54) is 11.3 Å². The number of nitrogen functional groups attached to an aromatic ring is 1. The number of rotatable bonds is 3. The summed E-state index contributed by atoms with van der Waals surface area (Å²) in [7, 11) is 0. The Labute approximate surface area is 141 Å². The number of aromatic nitrogens is 3. The Morgan fingerprint density at radius 1 is 1.12 bits per heavy atom. The summed E-state index contributed by atoms with van der Waals surface area (Å²) in [5.74, 6) is 0.115. The van der Waals surface area contributed by atoms with E-state index in [1.54, 1.807) is 4.52 Å². The third kappa shape index (κ3) is 2.72. The summed E-state index contributed by atoms with van der Waals surface area (Å²) in [5, 5.41) is 8.93. The van der Waals surface area contributed by atoms with Crippen LogP contribution < -0.4 is 11.1 Å². The Morgan fingerprint density at radius 2 is 1.96 bits per heavy atom. The molecular weight excluding hydrogens is 322 g/mol. The highest BCUT2D eigenvalue weighted by Crippen LogP contribution is 2.26. The van der Waals surface area contributed by atoms with Gasteiger partial charge >= 0.3 is 0 Å². The number of pyridine rings is 1. The van der Waals surface area contributed by atoms with E-state index in [9.17, 15) is 4.79 Å². The van der Waals surface area contributed by atoms with Crippen LogP contribution >= 0.6 is 11.3 Å². The van der Waals surface area contributed by atoms with E-state index in [1.807, 2.05) is 60.1 Å². The van der Waals surface area contributed by atoms with E-state index in [0.29, 0.717) is 10.5 Å². The maximum absolute atomic E-state index is 12.3. The smallest absolute Gasteiger partial charge is 0.265 e. The Kier molecular flexibility index (Phi) is 3.47. The number of nitrogens with zero attached hydrogens (tertiary/aromatic N) is 3. The van der Waals surface area contributed by atoms with Crippen molar-refractivity contribution >= 4 is 34.5 Å². The standard InChI is InChI=1S/C17H13N5OS/c18-17-20-15-7-6-11(9-22(15)21-17)12-8-14(24-10-12)16(23)19-13-4-2-1-3-5-13/h1-10H,(H2,18,21)(H,19,23). The maximum Gasteiger partial charge on any atom is 0.265 e. The molecule has 0 atom stereocenters. The minimum Gasteiger partial charge on any atom is -0.366 e. The number of anilines is 2. The number of nitrogens with two attached hydrogens (primary N) is 1. The van der Waals surface area contributed by atoms with Gasteiger partial charge in [-0.1, -0.05) is 18.2 Å². The molecule has 6 nitrogen and oxygen atoms in total. The molecule has 0 unspecified atom stereocenters. The quantitative estimate of drug-likeness (QED) is 0.601. The average molecular weight is 335 g/mol. The molecule has 3 heterocycles. The van der Waals surface area contributed by atoms with Gasteiger partial charge in [-0.15, -0.1) is 16.4 Å². The molecule has 0 fully saturated rings. The van der Waals surface area contributed by atoms with Crippen molar-refractivity contribution in [3.8, 4) is 11.1 Å². The van der Waals surface area contributed by atoms with Crippen LogP contribution in [-0.4, -0.2) is 20.5 Å². The van der Waals surface area contributed by atoms with Crippen LogP contribution in [0.5, 0.6) is 0 Å². The minimum atomic E-state index is -0.122. The largest absolute Gasteiger partial charge is 0.366 e. The van der Waals surface area contributed by atoms with Crippen LogP contribution in [0.4, 0.5) is 11.6 Å². The molecule has 0 radical (unpaired) electrons. The van der Waals surface area contributed by atoms with Crippen molar-refractivity contribution in [2.24, 2.45) is 0 Å². The molecule has 3 N–H and O–H groups in total. The zero-order chi connectivity index (χ0) is 16.5. The van der Waals surface area contributed by atoms with Crippen molar-refractivity contribution in [1.29, 1.82) is 0 Å². The molecule has 0 aliphatic heterocycles. The Morgan fingerprint density at radius 3 is 2.79 bits per heavy atom. The third-order valence-electron chi connectivity index (χ3n) is 3.54. The van der Waals surface area contributed by atoms with E-state index >= 15 is 0 Å². The Hall–Kier alpha value is -3.19. The van der Waals surface area contributed by atoms with Gasteiger partial charge in [0, 0.05) is 17.4 Å². The van der Waals surface area contributed by atoms with Crippen LogP contribution in [0.15, 0.2) is 60.1 Å². The van der Waals surface area contributed by atoms with Crippen LogP contribution in [0.2, 0.25) is 0 Å². The summed E-state index contributed by atoms with van der Waals surface area (Å²) >= 11 is 1.40. The van der Waals surface area contributed by atoms with Crippen molar-refractivity contribution < 1.29 is 4.79 Å². The molecule has 4 aromatic rings. The molecule has 0 saturated carbocycles.